The van der Waals surface area contributed by atoms with Gasteiger partial charge in [0, 0.05) is 12.6 Å². The highest BCUT2D eigenvalue weighted by Gasteiger charge is 2.61. The van der Waals surface area contributed by atoms with Crippen LogP contribution in [0.25, 0.3) is 0 Å². The summed E-state index contributed by atoms with van der Waals surface area (Å²) < 4.78 is 6.88. The minimum Gasteiger partial charge on any atom is -0.408 e. The lowest BCUT2D eigenvalue weighted by molar-refractivity contribution is 0.182. The number of halogens is 1. The first kappa shape index (κ1) is 20.9. The molecule has 1 N–H and O–H groups in total. The maximum Gasteiger partial charge on any atom is 0.193 e. The van der Waals surface area contributed by atoms with Gasteiger partial charge in [0.2, 0.25) is 0 Å². The van der Waals surface area contributed by atoms with E-state index in [1.54, 1.807) is 11.3 Å². The van der Waals surface area contributed by atoms with Crippen molar-refractivity contribution in [1.82, 2.24) is 5.32 Å². The summed E-state index contributed by atoms with van der Waals surface area (Å²) in [6.45, 7) is 12.6. The summed E-state index contributed by atoms with van der Waals surface area (Å²) in [6, 6.07) is 6.22. The van der Waals surface area contributed by atoms with Crippen molar-refractivity contribution in [2.45, 2.75) is 84.2 Å². The van der Waals surface area contributed by atoms with Gasteiger partial charge in [-0.1, -0.05) is 46.2 Å². The lowest BCUT2D eigenvalue weighted by Crippen LogP contribution is -2.41. The van der Waals surface area contributed by atoms with E-state index in [2.05, 4.69) is 45.3 Å². The summed E-state index contributed by atoms with van der Waals surface area (Å²) in [5, 5.41) is 6.85. The van der Waals surface area contributed by atoms with Crippen LogP contribution in [-0.4, -0.2) is 20.9 Å². The summed E-state index contributed by atoms with van der Waals surface area (Å²) in [5.41, 5.74) is 0.642. The van der Waals surface area contributed by atoms with Gasteiger partial charge in [0.05, 0.1) is 16.0 Å². The highest BCUT2D eigenvalue weighted by molar-refractivity contribution is 7.10. The van der Waals surface area contributed by atoms with Gasteiger partial charge in [-0.15, -0.1) is 11.3 Å². The molecule has 2 nitrogen and oxygen atoms in total. The van der Waals surface area contributed by atoms with E-state index in [0.29, 0.717) is 11.5 Å². The second-order valence-electron chi connectivity index (χ2n) is 8.82. The summed E-state index contributed by atoms with van der Waals surface area (Å²) >= 11 is 8.25. The Morgan fingerprint density at radius 2 is 1.96 bits per heavy atom. The van der Waals surface area contributed by atoms with Gasteiger partial charge in [0.15, 0.2) is 8.32 Å². The van der Waals surface area contributed by atoms with Gasteiger partial charge in [-0.05, 0) is 66.1 Å². The number of hydrogen-bond donors (Lipinski definition) is 1. The molecule has 0 spiro atoms. The molecule has 0 aromatic carbocycles. The van der Waals surface area contributed by atoms with Crippen LogP contribution in [0.3, 0.4) is 0 Å². The number of rotatable bonds is 10. The minimum atomic E-state index is -1.67. The molecular formula is C21H36ClNOSSi. The van der Waals surface area contributed by atoms with Crippen LogP contribution in [0.2, 0.25) is 23.2 Å². The summed E-state index contributed by atoms with van der Waals surface area (Å²) in [6.07, 6.45) is 4.26. The molecule has 2 saturated carbocycles. The van der Waals surface area contributed by atoms with Crippen molar-refractivity contribution in [2.75, 3.05) is 6.54 Å². The van der Waals surface area contributed by atoms with Gasteiger partial charge in [0.25, 0.3) is 0 Å². The van der Waals surface area contributed by atoms with Crippen molar-refractivity contribution in [2.24, 2.45) is 17.3 Å². The molecule has 1 aromatic heterocycles. The summed E-state index contributed by atoms with van der Waals surface area (Å²) in [7, 11) is -1.67. The van der Waals surface area contributed by atoms with E-state index in [9.17, 15) is 0 Å². The third-order valence-corrected chi connectivity index (χ3v) is 13.6. The van der Waals surface area contributed by atoms with Crippen molar-refractivity contribution in [3.05, 3.63) is 21.3 Å². The summed E-state index contributed by atoms with van der Waals surface area (Å²) in [4.78, 5) is 1.22. The highest BCUT2D eigenvalue weighted by atomic mass is 35.5. The van der Waals surface area contributed by atoms with E-state index in [1.165, 1.54) is 42.3 Å². The topological polar surface area (TPSA) is 21.3 Å². The van der Waals surface area contributed by atoms with Gasteiger partial charge < -0.3 is 9.74 Å². The lowest BCUT2D eigenvalue weighted by atomic mass is 9.89. The fourth-order valence-electron chi connectivity index (χ4n) is 5.25. The Balaban J connectivity index is 1.66. The first-order valence-electron chi connectivity index (χ1n) is 10.5. The Hall–Kier alpha value is 0.127. The van der Waals surface area contributed by atoms with Crippen molar-refractivity contribution >= 4 is 31.3 Å². The second-order valence-corrected chi connectivity index (χ2v) is 14.9. The molecule has 26 heavy (non-hydrogen) atoms. The van der Waals surface area contributed by atoms with E-state index < -0.39 is 8.32 Å². The Labute approximate surface area is 170 Å². The van der Waals surface area contributed by atoms with Crippen LogP contribution in [0.1, 0.15) is 64.9 Å². The summed E-state index contributed by atoms with van der Waals surface area (Å²) in [5.74, 6) is 1.78. The molecule has 4 atom stereocenters. The maximum absolute atomic E-state index is 6.88. The minimum absolute atomic E-state index is 0.112. The smallest absolute Gasteiger partial charge is 0.193 e. The quantitative estimate of drug-likeness (QED) is 0.422. The molecule has 0 amide bonds. The zero-order chi connectivity index (χ0) is 18.9. The van der Waals surface area contributed by atoms with Crippen molar-refractivity contribution in [1.29, 1.82) is 0 Å². The van der Waals surface area contributed by atoms with E-state index in [4.69, 9.17) is 16.0 Å². The Morgan fingerprint density at radius 1 is 1.27 bits per heavy atom. The molecule has 0 bridgehead atoms. The molecule has 0 aliphatic heterocycles. The van der Waals surface area contributed by atoms with Crippen LogP contribution in [0, 0.1) is 17.3 Å². The molecule has 0 radical (unpaired) electrons. The van der Waals surface area contributed by atoms with E-state index >= 15 is 0 Å². The second kappa shape index (κ2) is 8.24. The van der Waals surface area contributed by atoms with Gasteiger partial charge in [-0.2, -0.15) is 0 Å². The van der Waals surface area contributed by atoms with Gasteiger partial charge in [-0.3, -0.25) is 0 Å². The lowest BCUT2D eigenvalue weighted by Gasteiger charge is -2.34. The zero-order valence-corrected chi connectivity index (χ0v) is 19.7. The van der Waals surface area contributed by atoms with Crippen molar-refractivity contribution in [3.8, 4) is 0 Å². The first-order valence-corrected chi connectivity index (χ1v) is 14.3. The predicted molar refractivity (Wildman–Crippen MR) is 117 cm³/mol. The van der Waals surface area contributed by atoms with Crippen molar-refractivity contribution < 1.29 is 4.43 Å². The normalized spacial score (nSPS) is 29.2. The highest BCUT2D eigenvalue weighted by Crippen LogP contribution is 2.67. The monoisotopic (exact) mass is 413 g/mol. The third kappa shape index (κ3) is 3.95. The molecule has 148 valence electrons. The first-order chi connectivity index (χ1) is 12.4. The maximum atomic E-state index is 6.88. The molecule has 2 aliphatic rings. The average Bonchev–Trinajstić information content (AvgIpc) is 2.98. The average molecular weight is 414 g/mol. The van der Waals surface area contributed by atoms with Crippen LogP contribution in [0.4, 0.5) is 0 Å². The predicted octanol–water partition coefficient (Wildman–Crippen LogP) is 6.88. The third-order valence-electron chi connectivity index (χ3n) is 7.48. The van der Waals surface area contributed by atoms with Crippen molar-refractivity contribution in [3.63, 3.8) is 0 Å². The number of hydrogen-bond acceptors (Lipinski definition) is 3. The van der Waals surface area contributed by atoms with E-state index in [1.807, 2.05) is 6.07 Å². The molecular weight excluding hydrogens is 378 g/mol. The van der Waals surface area contributed by atoms with Gasteiger partial charge in [-0.25, -0.2) is 0 Å². The molecule has 1 heterocycles. The Morgan fingerprint density at radius 3 is 2.46 bits per heavy atom. The SMILES string of the molecule is CC[Si](CC)(CC)OC(CNC1CC2CC2(C(C)C)C1)c1sccc1Cl. The zero-order valence-electron chi connectivity index (χ0n) is 17.1. The molecule has 1 aromatic rings. The van der Waals surface area contributed by atoms with Gasteiger partial charge >= 0.3 is 0 Å². The van der Waals surface area contributed by atoms with Gasteiger partial charge in [0.1, 0.15) is 0 Å². The van der Waals surface area contributed by atoms with E-state index in [-0.39, 0.29) is 6.10 Å². The van der Waals surface area contributed by atoms with Crippen LogP contribution < -0.4 is 5.32 Å². The molecule has 4 unspecified atom stereocenters. The fraction of sp³-hybridized carbons (Fsp3) is 0.810. The molecule has 5 heteroatoms. The molecule has 2 fully saturated rings. The van der Waals surface area contributed by atoms with Crippen LogP contribution in [-0.2, 0) is 4.43 Å². The molecule has 2 aliphatic carbocycles. The number of thiophene rings is 1. The number of fused-ring (bicyclic) bond motifs is 1. The van der Waals surface area contributed by atoms with E-state index in [0.717, 1.165) is 23.4 Å². The van der Waals surface area contributed by atoms with Crippen LogP contribution in [0.5, 0.6) is 0 Å². The molecule has 3 rings (SSSR count). The largest absolute Gasteiger partial charge is 0.408 e. The van der Waals surface area contributed by atoms with Crippen LogP contribution in [0.15, 0.2) is 11.4 Å². The Bertz CT molecular complexity index is 594. The fourth-order valence-corrected chi connectivity index (χ4v) is 9.35. The molecule has 0 saturated heterocycles. The van der Waals surface area contributed by atoms with Crippen LogP contribution >= 0.6 is 22.9 Å². The Kier molecular flexibility index (Phi) is 6.61. The number of nitrogens with one attached hydrogen (secondary N) is 1. The standard InChI is InChI=1S/C21H36ClNOSSi/c1-6-26(7-2,8-3)24-19(20-18(22)9-10-25-20)14-23-17-11-16-12-21(16,13-17)15(4)5/h9-10,15-17,19,23H,6-8,11-14H2,1-5H3.